The lowest BCUT2D eigenvalue weighted by molar-refractivity contribution is -0.151. The van der Waals surface area contributed by atoms with E-state index in [0.717, 1.165) is 22.3 Å². The van der Waals surface area contributed by atoms with Gasteiger partial charge in [-0.3, -0.25) is 4.79 Å². The maximum atomic E-state index is 12.9. The fourth-order valence-electron chi connectivity index (χ4n) is 5.26. The third-order valence-electron chi connectivity index (χ3n) is 7.18. The van der Waals surface area contributed by atoms with Gasteiger partial charge in [0.2, 0.25) is 5.91 Å². The molecule has 1 saturated heterocycles. The van der Waals surface area contributed by atoms with E-state index < -0.39 is 29.6 Å². The lowest BCUT2D eigenvalue weighted by Crippen LogP contribution is -2.48. The number of ether oxygens (including phenoxy) is 1. The lowest BCUT2D eigenvalue weighted by atomic mass is 9.85. The van der Waals surface area contributed by atoms with Crippen LogP contribution in [0.3, 0.4) is 0 Å². The normalized spacial score (nSPS) is 19.3. The number of amides is 2. The van der Waals surface area contributed by atoms with Crippen molar-refractivity contribution >= 4 is 18.0 Å². The van der Waals surface area contributed by atoms with Crippen molar-refractivity contribution in [1.82, 2.24) is 10.2 Å². The number of benzene rings is 2. The van der Waals surface area contributed by atoms with E-state index in [4.69, 9.17) is 4.74 Å². The Hall–Kier alpha value is -3.35. The first-order valence-corrected chi connectivity index (χ1v) is 11.9. The summed E-state index contributed by atoms with van der Waals surface area (Å²) in [6, 6.07) is 15.0. The van der Waals surface area contributed by atoms with Gasteiger partial charge in [0.05, 0.1) is 0 Å². The van der Waals surface area contributed by atoms with Gasteiger partial charge in [0.15, 0.2) is 0 Å². The Morgan fingerprint density at radius 1 is 1.09 bits per heavy atom. The van der Waals surface area contributed by atoms with Crippen molar-refractivity contribution < 1.29 is 24.2 Å². The molecule has 7 nitrogen and oxygen atoms in total. The summed E-state index contributed by atoms with van der Waals surface area (Å²) in [6.45, 7) is 6.22. The van der Waals surface area contributed by atoms with Crippen molar-refractivity contribution in [1.29, 1.82) is 0 Å². The number of carbonyl (C=O) groups excluding carboxylic acids is 2. The molecule has 1 fully saturated rings. The van der Waals surface area contributed by atoms with E-state index in [9.17, 15) is 19.5 Å². The Kier molecular flexibility index (Phi) is 6.64. The van der Waals surface area contributed by atoms with Gasteiger partial charge in [-0.1, -0.05) is 69.3 Å². The molecule has 7 heteroatoms. The molecule has 0 spiro atoms. The molecule has 0 radical (unpaired) electrons. The second-order valence-electron chi connectivity index (χ2n) is 9.85. The summed E-state index contributed by atoms with van der Waals surface area (Å²) in [6.07, 6.45) is 0.635. The second kappa shape index (κ2) is 9.49. The molecular weight excluding hydrogens is 432 g/mol. The molecule has 0 bridgehead atoms. The van der Waals surface area contributed by atoms with Crippen LogP contribution in [0.2, 0.25) is 0 Å². The summed E-state index contributed by atoms with van der Waals surface area (Å²) in [5.74, 6) is -1.29. The third-order valence-corrected chi connectivity index (χ3v) is 7.18. The van der Waals surface area contributed by atoms with Crippen molar-refractivity contribution in [3.8, 4) is 11.1 Å². The molecule has 34 heavy (non-hydrogen) atoms. The third kappa shape index (κ3) is 4.52. The minimum Gasteiger partial charge on any atom is -0.480 e. The SMILES string of the molecule is CCC(CC(=O)N1CCC(C)(C)C1C(=O)O)NC(=O)OCC1c2ccccc2-c2ccccc21. The van der Waals surface area contributed by atoms with E-state index in [1.807, 2.05) is 45.0 Å². The van der Waals surface area contributed by atoms with Gasteiger partial charge in [-0.2, -0.15) is 0 Å². The Labute approximate surface area is 200 Å². The van der Waals surface area contributed by atoms with Gasteiger partial charge >= 0.3 is 12.1 Å². The van der Waals surface area contributed by atoms with Crippen LogP contribution in [0.15, 0.2) is 48.5 Å². The first-order chi connectivity index (χ1) is 16.2. The molecule has 0 aromatic heterocycles. The van der Waals surface area contributed by atoms with Crippen LogP contribution in [0.25, 0.3) is 11.1 Å². The largest absolute Gasteiger partial charge is 0.480 e. The lowest BCUT2D eigenvalue weighted by Gasteiger charge is -2.30. The topological polar surface area (TPSA) is 95.9 Å². The number of rotatable bonds is 7. The summed E-state index contributed by atoms with van der Waals surface area (Å²) in [5.41, 5.74) is 4.10. The minimum absolute atomic E-state index is 0.0389. The second-order valence-corrected chi connectivity index (χ2v) is 9.85. The zero-order valence-corrected chi connectivity index (χ0v) is 19.9. The zero-order chi connectivity index (χ0) is 24.5. The van der Waals surface area contributed by atoms with Crippen LogP contribution in [0, 0.1) is 5.41 Å². The monoisotopic (exact) mass is 464 g/mol. The fourth-order valence-corrected chi connectivity index (χ4v) is 5.26. The van der Waals surface area contributed by atoms with Gasteiger partial charge < -0.3 is 20.1 Å². The molecule has 1 aliphatic carbocycles. The van der Waals surface area contributed by atoms with Crippen molar-refractivity contribution in [2.24, 2.45) is 5.41 Å². The van der Waals surface area contributed by atoms with Crippen LogP contribution >= 0.6 is 0 Å². The molecule has 180 valence electrons. The number of carboxylic acids is 1. The number of fused-ring (bicyclic) bond motifs is 3. The Bertz CT molecular complexity index is 1050. The molecule has 0 saturated carbocycles. The van der Waals surface area contributed by atoms with Crippen molar-refractivity contribution in [3.05, 3.63) is 59.7 Å². The van der Waals surface area contributed by atoms with Crippen LogP contribution in [0.5, 0.6) is 0 Å². The maximum Gasteiger partial charge on any atom is 0.407 e. The van der Waals surface area contributed by atoms with Gasteiger partial charge in [-0.15, -0.1) is 0 Å². The van der Waals surface area contributed by atoms with Gasteiger partial charge in [-0.05, 0) is 40.5 Å². The number of aliphatic carboxylic acids is 1. The first-order valence-electron chi connectivity index (χ1n) is 11.9. The van der Waals surface area contributed by atoms with Crippen LogP contribution in [-0.4, -0.2) is 53.2 Å². The Morgan fingerprint density at radius 3 is 2.24 bits per heavy atom. The highest BCUT2D eigenvalue weighted by atomic mass is 16.5. The van der Waals surface area contributed by atoms with Gasteiger partial charge in [0.25, 0.3) is 0 Å². The molecule has 2 amide bonds. The number of alkyl carbamates (subject to hydrolysis) is 1. The van der Waals surface area contributed by atoms with Crippen LogP contribution in [0.4, 0.5) is 4.79 Å². The maximum absolute atomic E-state index is 12.9. The quantitative estimate of drug-likeness (QED) is 0.633. The number of likely N-dealkylation sites (tertiary alicyclic amines) is 1. The first kappa shape index (κ1) is 23.8. The zero-order valence-electron chi connectivity index (χ0n) is 19.9. The van der Waals surface area contributed by atoms with Gasteiger partial charge in [0, 0.05) is 24.9 Å². The highest BCUT2D eigenvalue weighted by Crippen LogP contribution is 2.44. The molecule has 1 aliphatic heterocycles. The summed E-state index contributed by atoms with van der Waals surface area (Å²) >= 11 is 0. The molecule has 2 N–H and O–H groups in total. The molecule has 4 rings (SSSR count). The van der Waals surface area contributed by atoms with E-state index in [0.29, 0.717) is 19.4 Å². The summed E-state index contributed by atoms with van der Waals surface area (Å²) in [4.78, 5) is 38.7. The van der Waals surface area contributed by atoms with E-state index in [-0.39, 0.29) is 24.9 Å². The average molecular weight is 465 g/mol. The number of hydrogen-bond donors (Lipinski definition) is 2. The van der Waals surface area contributed by atoms with Gasteiger partial charge in [-0.25, -0.2) is 9.59 Å². The molecular formula is C27H32N2O5. The summed E-state index contributed by atoms with van der Waals surface area (Å²) in [5, 5.41) is 12.4. The van der Waals surface area contributed by atoms with Crippen molar-refractivity contribution in [2.75, 3.05) is 13.2 Å². The number of nitrogens with one attached hydrogen (secondary N) is 1. The molecule has 2 aliphatic rings. The van der Waals surface area contributed by atoms with Crippen LogP contribution in [0.1, 0.15) is 57.1 Å². The van der Waals surface area contributed by atoms with E-state index in [1.165, 1.54) is 4.90 Å². The highest BCUT2D eigenvalue weighted by Gasteiger charge is 2.47. The smallest absolute Gasteiger partial charge is 0.407 e. The Balaban J connectivity index is 1.36. The van der Waals surface area contributed by atoms with Crippen molar-refractivity contribution in [2.45, 2.75) is 58.0 Å². The number of carbonyl (C=O) groups is 3. The van der Waals surface area contributed by atoms with Crippen LogP contribution < -0.4 is 5.32 Å². The predicted molar refractivity (Wildman–Crippen MR) is 128 cm³/mol. The Morgan fingerprint density at radius 2 is 1.68 bits per heavy atom. The molecule has 2 aromatic rings. The van der Waals surface area contributed by atoms with Crippen LogP contribution in [-0.2, 0) is 14.3 Å². The van der Waals surface area contributed by atoms with E-state index in [2.05, 4.69) is 29.6 Å². The summed E-state index contributed by atoms with van der Waals surface area (Å²) in [7, 11) is 0. The molecule has 2 unspecified atom stereocenters. The van der Waals surface area contributed by atoms with E-state index in [1.54, 1.807) is 0 Å². The highest BCUT2D eigenvalue weighted by molar-refractivity contribution is 5.85. The van der Waals surface area contributed by atoms with Gasteiger partial charge in [0.1, 0.15) is 12.6 Å². The van der Waals surface area contributed by atoms with E-state index >= 15 is 0 Å². The minimum atomic E-state index is -0.992. The predicted octanol–water partition coefficient (Wildman–Crippen LogP) is 4.41. The van der Waals surface area contributed by atoms with Crippen molar-refractivity contribution in [3.63, 3.8) is 0 Å². The molecule has 1 heterocycles. The number of nitrogens with zero attached hydrogens (tertiary/aromatic N) is 1. The fraction of sp³-hybridized carbons (Fsp3) is 0.444. The molecule has 2 atom stereocenters. The standard InChI is InChI=1S/C27H32N2O5/c1-4-17(15-23(30)29-14-13-27(2,3)24(29)25(31)32)28-26(33)34-16-22-20-11-7-5-9-18(20)19-10-6-8-12-21(19)22/h5-12,17,22,24H,4,13-16H2,1-3H3,(H,28,33)(H,31,32). The average Bonchev–Trinajstić information content (AvgIpc) is 3.31. The number of hydrogen-bond acceptors (Lipinski definition) is 4. The molecule has 2 aromatic carbocycles. The summed E-state index contributed by atoms with van der Waals surface area (Å²) < 4.78 is 5.60. The number of carboxylic acid groups (broad SMARTS) is 1.